The van der Waals surface area contributed by atoms with E-state index in [-0.39, 0.29) is 0 Å². The van der Waals surface area contributed by atoms with Gasteiger partial charge in [-0.15, -0.1) is 0 Å². The molecule has 2 atom stereocenters. The van der Waals surface area contributed by atoms with Crippen LogP contribution in [0.3, 0.4) is 0 Å². The van der Waals surface area contributed by atoms with Crippen molar-refractivity contribution in [2.75, 3.05) is 32.1 Å². The number of methoxy groups -OCH3 is 1. The lowest BCUT2D eigenvalue weighted by molar-refractivity contribution is 0.112. The summed E-state index contributed by atoms with van der Waals surface area (Å²) in [7, 11) is 1.80. The summed E-state index contributed by atoms with van der Waals surface area (Å²) in [6, 6.07) is 0.751. The van der Waals surface area contributed by atoms with Gasteiger partial charge in [-0.1, -0.05) is 22.9 Å². The van der Waals surface area contributed by atoms with Crippen molar-refractivity contribution in [2.24, 2.45) is 11.8 Å². The van der Waals surface area contributed by atoms with Crippen molar-refractivity contribution in [3.63, 3.8) is 0 Å². The summed E-state index contributed by atoms with van der Waals surface area (Å²) >= 11 is 3.53. The first-order valence-corrected chi connectivity index (χ1v) is 8.10. The summed E-state index contributed by atoms with van der Waals surface area (Å²) in [5, 5.41) is 1.13. The summed E-state index contributed by atoms with van der Waals surface area (Å²) in [4.78, 5) is 2.63. The third kappa shape index (κ3) is 6.21. The third-order valence-electron chi connectivity index (χ3n) is 3.97. The van der Waals surface area contributed by atoms with E-state index < -0.39 is 0 Å². The molecule has 1 rings (SSSR count). The maximum absolute atomic E-state index is 5.23. The molecule has 102 valence electrons. The van der Waals surface area contributed by atoms with Crippen molar-refractivity contribution < 1.29 is 4.74 Å². The lowest BCUT2D eigenvalue weighted by Gasteiger charge is -2.30. The minimum Gasteiger partial charge on any atom is -0.383 e. The number of alkyl halides is 1. The molecule has 0 saturated heterocycles. The van der Waals surface area contributed by atoms with E-state index in [2.05, 4.69) is 34.7 Å². The molecule has 0 bridgehead atoms. The van der Waals surface area contributed by atoms with Gasteiger partial charge in [0, 0.05) is 25.0 Å². The van der Waals surface area contributed by atoms with Crippen LogP contribution in [-0.2, 0) is 4.74 Å². The summed E-state index contributed by atoms with van der Waals surface area (Å²) < 4.78 is 5.23. The highest BCUT2D eigenvalue weighted by Gasteiger charge is 2.31. The number of hydrogen-bond acceptors (Lipinski definition) is 2. The Bertz CT molecular complexity index is 197. The molecule has 0 aromatic heterocycles. The molecule has 1 aliphatic rings. The maximum atomic E-state index is 5.23. The van der Waals surface area contributed by atoms with E-state index >= 15 is 0 Å². The normalized spacial score (nSPS) is 19.6. The predicted molar refractivity (Wildman–Crippen MR) is 77.8 cm³/mol. The van der Waals surface area contributed by atoms with Crippen molar-refractivity contribution >= 4 is 15.9 Å². The molecule has 0 radical (unpaired) electrons. The van der Waals surface area contributed by atoms with Crippen molar-refractivity contribution in [2.45, 2.75) is 45.6 Å². The van der Waals surface area contributed by atoms with Gasteiger partial charge in [0.25, 0.3) is 0 Å². The van der Waals surface area contributed by atoms with Gasteiger partial charge >= 0.3 is 0 Å². The molecule has 0 N–H and O–H groups in total. The van der Waals surface area contributed by atoms with Crippen LogP contribution >= 0.6 is 15.9 Å². The average molecular weight is 306 g/mol. The Labute approximate surface area is 115 Å². The molecule has 1 fully saturated rings. The monoisotopic (exact) mass is 305 g/mol. The smallest absolute Gasteiger partial charge is 0.0589 e. The highest BCUT2D eigenvalue weighted by molar-refractivity contribution is 9.09. The van der Waals surface area contributed by atoms with Crippen LogP contribution in [0.25, 0.3) is 0 Å². The lowest BCUT2D eigenvalue weighted by atomic mass is 10.0. The Hall–Kier alpha value is 0.400. The molecule has 2 unspecified atom stereocenters. The molecule has 17 heavy (non-hydrogen) atoms. The first kappa shape index (κ1) is 15.5. The fourth-order valence-corrected chi connectivity index (χ4v) is 3.10. The zero-order chi connectivity index (χ0) is 12.7. The maximum Gasteiger partial charge on any atom is 0.0589 e. The average Bonchev–Trinajstić information content (AvgIpc) is 3.12. The zero-order valence-electron chi connectivity index (χ0n) is 11.6. The molecule has 1 aliphatic carbocycles. The molecule has 3 heteroatoms. The van der Waals surface area contributed by atoms with Crippen LogP contribution in [0.4, 0.5) is 0 Å². The number of halogens is 1. The number of ether oxygens (including phenoxy) is 1. The van der Waals surface area contributed by atoms with Gasteiger partial charge in [-0.05, 0) is 51.0 Å². The molecule has 0 heterocycles. The van der Waals surface area contributed by atoms with Crippen molar-refractivity contribution in [3.05, 3.63) is 0 Å². The van der Waals surface area contributed by atoms with Crippen LogP contribution in [0.1, 0.15) is 39.5 Å². The Morgan fingerprint density at radius 3 is 2.47 bits per heavy atom. The van der Waals surface area contributed by atoms with Crippen LogP contribution in [0.2, 0.25) is 0 Å². The van der Waals surface area contributed by atoms with E-state index in [1.165, 1.54) is 32.2 Å². The van der Waals surface area contributed by atoms with E-state index in [9.17, 15) is 0 Å². The first-order chi connectivity index (χ1) is 8.19. The van der Waals surface area contributed by atoms with Gasteiger partial charge in [0.15, 0.2) is 0 Å². The minimum atomic E-state index is 0.751. The summed E-state index contributed by atoms with van der Waals surface area (Å²) in [5.41, 5.74) is 0. The fraction of sp³-hybridized carbons (Fsp3) is 1.00. The van der Waals surface area contributed by atoms with Crippen molar-refractivity contribution in [1.29, 1.82) is 0 Å². The van der Waals surface area contributed by atoms with E-state index in [0.717, 1.165) is 36.4 Å². The van der Waals surface area contributed by atoms with E-state index in [1.807, 2.05) is 0 Å². The van der Waals surface area contributed by atoms with E-state index in [1.54, 1.807) is 7.11 Å². The van der Waals surface area contributed by atoms with Crippen LogP contribution in [0.5, 0.6) is 0 Å². The predicted octanol–water partition coefficient (Wildman–Crippen LogP) is 3.54. The van der Waals surface area contributed by atoms with Gasteiger partial charge in [-0.3, -0.25) is 4.90 Å². The zero-order valence-corrected chi connectivity index (χ0v) is 13.2. The number of rotatable bonds is 10. The summed E-state index contributed by atoms with van der Waals surface area (Å²) in [5.74, 6) is 1.78. The van der Waals surface area contributed by atoms with Gasteiger partial charge < -0.3 is 4.74 Å². The molecule has 0 aromatic rings. The highest BCUT2D eigenvalue weighted by Crippen LogP contribution is 2.35. The second-order valence-electron chi connectivity index (χ2n) is 5.48. The van der Waals surface area contributed by atoms with Gasteiger partial charge in [-0.2, -0.15) is 0 Å². The minimum absolute atomic E-state index is 0.751. The first-order valence-electron chi connectivity index (χ1n) is 6.98. The Kier molecular flexibility index (Phi) is 7.72. The van der Waals surface area contributed by atoms with Gasteiger partial charge in [-0.25, -0.2) is 0 Å². The summed E-state index contributed by atoms with van der Waals surface area (Å²) in [6.45, 7) is 7.94. The second-order valence-corrected chi connectivity index (χ2v) is 6.27. The van der Waals surface area contributed by atoms with Crippen LogP contribution in [0.15, 0.2) is 0 Å². The van der Waals surface area contributed by atoms with Crippen LogP contribution < -0.4 is 0 Å². The third-order valence-corrected chi connectivity index (χ3v) is 4.43. The standard InChI is InChI=1S/C14H28BrNO/c1-12(6-8-15)7-9-16(10-11-17-3)13(2)14-4-5-14/h12-14H,4-11H2,1-3H3. The molecule has 1 saturated carbocycles. The van der Waals surface area contributed by atoms with Crippen LogP contribution in [-0.4, -0.2) is 43.1 Å². The quantitative estimate of drug-likeness (QED) is 0.572. The van der Waals surface area contributed by atoms with E-state index in [0.29, 0.717) is 0 Å². The Morgan fingerprint density at radius 1 is 1.24 bits per heavy atom. The summed E-state index contributed by atoms with van der Waals surface area (Å²) in [6.07, 6.45) is 5.46. The fourth-order valence-electron chi connectivity index (χ4n) is 2.32. The number of hydrogen-bond donors (Lipinski definition) is 0. The molecular formula is C14H28BrNO. The van der Waals surface area contributed by atoms with Crippen LogP contribution in [0, 0.1) is 11.8 Å². The molecule has 0 amide bonds. The van der Waals surface area contributed by atoms with Crippen molar-refractivity contribution in [1.82, 2.24) is 4.90 Å². The second kappa shape index (κ2) is 8.49. The van der Waals surface area contributed by atoms with E-state index in [4.69, 9.17) is 4.74 Å². The Balaban J connectivity index is 2.28. The van der Waals surface area contributed by atoms with Gasteiger partial charge in [0.2, 0.25) is 0 Å². The highest BCUT2D eigenvalue weighted by atomic mass is 79.9. The van der Waals surface area contributed by atoms with Gasteiger partial charge in [0.05, 0.1) is 6.61 Å². The molecule has 0 spiro atoms. The van der Waals surface area contributed by atoms with Gasteiger partial charge in [0.1, 0.15) is 0 Å². The molecule has 2 nitrogen and oxygen atoms in total. The largest absolute Gasteiger partial charge is 0.383 e. The number of nitrogens with zero attached hydrogens (tertiary/aromatic N) is 1. The lowest BCUT2D eigenvalue weighted by Crippen LogP contribution is -2.38. The molecule has 0 aromatic carbocycles. The Morgan fingerprint density at radius 2 is 1.94 bits per heavy atom. The molecule has 0 aliphatic heterocycles. The topological polar surface area (TPSA) is 12.5 Å². The molecular weight excluding hydrogens is 278 g/mol. The van der Waals surface area contributed by atoms with Crippen molar-refractivity contribution in [3.8, 4) is 0 Å². The SMILES string of the molecule is COCCN(CCC(C)CCBr)C(C)C1CC1.